The SMILES string of the molecule is Cn1c(=NC(=O)C=Cc2cccc([N+](=O)[O-])c2)sc2cccc(Cl)c21. The fraction of sp³-hybridized carbons (Fsp3) is 0.0588. The van der Waals surface area contributed by atoms with Gasteiger partial charge in [-0.25, -0.2) is 0 Å². The van der Waals surface area contributed by atoms with Gasteiger partial charge in [-0.2, -0.15) is 4.99 Å². The van der Waals surface area contributed by atoms with Gasteiger partial charge in [-0.1, -0.05) is 41.1 Å². The first-order valence-electron chi connectivity index (χ1n) is 7.21. The lowest BCUT2D eigenvalue weighted by Crippen LogP contribution is -2.12. The molecule has 0 N–H and O–H groups in total. The molecule has 0 aliphatic carbocycles. The van der Waals surface area contributed by atoms with Crippen LogP contribution in [-0.2, 0) is 11.8 Å². The molecule has 0 spiro atoms. The van der Waals surface area contributed by atoms with Crippen molar-refractivity contribution in [2.24, 2.45) is 12.0 Å². The lowest BCUT2D eigenvalue weighted by molar-refractivity contribution is -0.384. The molecule has 1 amide bonds. The minimum atomic E-state index is -0.482. The summed E-state index contributed by atoms with van der Waals surface area (Å²) in [4.78, 5) is 27.0. The molecule has 1 heterocycles. The Morgan fingerprint density at radius 1 is 1.32 bits per heavy atom. The van der Waals surface area contributed by atoms with Gasteiger partial charge < -0.3 is 4.57 Å². The van der Waals surface area contributed by atoms with Crippen molar-refractivity contribution >= 4 is 50.8 Å². The number of hydrogen-bond acceptors (Lipinski definition) is 4. The van der Waals surface area contributed by atoms with Crippen LogP contribution in [0.15, 0.2) is 53.5 Å². The highest BCUT2D eigenvalue weighted by Crippen LogP contribution is 2.24. The van der Waals surface area contributed by atoms with Crippen molar-refractivity contribution in [2.45, 2.75) is 0 Å². The van der Waals surface area contributed by atoms with Gasteiger partial charge >= 0.3 is 0 Å². The average Bonchev–Trinajstić information content (AvgIpc) is 2.90. The first kappa shape index (κ1) is 17.1. The molecule has 0 radical (unpaired) electrons. The Kier molecular flexibility index (Phi) is 4.78. The number of aryl methyl sites for hydroxylation is 1. The number of thiazole rings is 1. The van der Waals surface area contributed by atoms with Gasteiger partial charge in [0.15, 0.2) is 4.80 Å². The zero-order valence-electron chi connectivity index (χ0n) is 13.0. The molecule has 0 saturated carbocycles. The number of aromatic nitrogens is 1. The van der Waals surface area contributed by atoms with E-state index < -0.39 is 10.8 Å². The quantitative estimate of drug-likeness (QED) is 0.396. The van der Waals surface area contributed by atoms with E-state index in [0.717, 1.165) is 10.2 Å². The summed E-state index contributed by atoms with van der Waals surface area (Å²) in [6.45, 7) is 0. The van der Waals surface area contributed by atoms with Crippen molar-refractivity contribution in [1.82, 2.24) is 4.57 Å². The summed E-state index contributed by atoms with van der Waals surface area (Å²) < 4.78 is 2.70. The summed E-state index contributed by atoms with van der Waals surface area (Å²) in [6.07, 6.45) is 2.78. The number of carbonyl (C=O) groups is 1. The second kappa shape index (κ2) is 7.00. The molecule has 0 fully saturated rings. The zero-order chi connectivity index (χ0) is 18.0. The summed E-state index contributed by atoms with van der Waals surface area (Å²) in [5, 5.41) is 11.4. The molecule has 0 aliphatic heterocycles. The molecule has 1 aromatic heterocycles. The van der Waals surface area contributed by atoms with E-state index in [4.69, 9.17) is 11.6 Å². The first-order valence-corrected chi connectivity index (χ1v) is 8.40. The highest BCUT2D eigenvalue weighted by molar-refractivity contribution is 7.16. The van der Waals surface area contributed by atoms with Crippen molar-refractivity contribution < 1.29 is 9.72 Å². The number of hydrogen-bond donors (Lipinski definition) is 0. The van der Waals surface area contributed by atoms with Crippen LogP contribution in [0.25, 0.3) is 16.3 Å². The largest absolute Gasteiger partial charge is 0.318 e. The molecule has 6 nitrogen and oxygen atoms in total. The van der Waals surface area contributed by atoms with Crippen LogP contribution < -0.4 is 4.80 Å². The van der Waals surface area contributed by atoms with Crippen molar-refractivity contribution in [3.05, 3.63) is 74.0 Å². The predicted octanol–water partition coefficient (Wildman–Crippen LogP) is 3.94. The van der Waals surface area contributed by atoms with E-state index in [2.05, 4.69) is 4.99 Å². The van der Waals surface area contributed by atoms with Crippen LogP contribution in [0.3, 0.4) is 0 Å². The summed E-state index contributed by atoms with van der Waals surface area (Å²) in [7, 11) is 1.79. The Balaban J connectivity index is 1.91. The Labute approximate surface area is 151 Å². The van der Waals surface area contributed by atoms with E-state index >= 15 is 0 Å². The number of nitro groups is 1. The summed E-state index contributed by atoms with van der Waals surface area (Å²) in [6, 6.07) is 11.6. The Hall–Kier alpha value is -2.77. The van der Waals surface area contributed by atoms with Crippen LogP contribution in [-0.4, -0.2) is 15.4 Å². The highest BCUT2D eigenvalue weighted by atomic mass is 35.5. The molecule has 25 heavy (non-hydrogen) atoms. The van der Waals surface area contributed by atoms with Crippen molar-refractivity contribution in [3.63, 3.8) is 0 Å². The molecule has 0 atom stereocenters. The lowest BCUT2D eigenvalue weighted by atomic mass is 10.2. The molecule has 3 rings (SSSR count). The van der Waals surface area contributed by atoms with Crippen molar-refractivity contribution in [2.75, 3.05) is 0 Å². The number of rotatable bonds is 3. The molecule has 126 valence electrons. The van der Waals surface area contributed by atoms with E-state index in [1.807, 2.05) is 12.1 Å². The third kappa shape index (κ3) is 3.67. The number of amides is 1. The molecule has 3 aromatic rings. The molecule has 8 heteroatoms. The second-order valence-electron chi connectivity index (χ2n) is 5.17. The zero-order valence-corrected chi connectivity index (χ0v) is 14.6. The summed E-state index contributed by atoms with van der Waals surface area (Å²) in [5.74, 6) is -0.454. The maximum atomic E-state index is 12.1. The van der Waals surface area contributed by atoms with Crippen LogP contribution in [0.2, 0.25) is 5.02 Å². The Morgan fingerprint density at radius 2 is 2.08 bits per heavy atom. The van der Waals surface area contributed by atoms with Gasteiger partial charge in [0.1, 0.15) is 0 Å². The minimum Gasteiger partial charge on any atom is -0.318 e. The predicted molar refractivity (Wildman–Crippen MR) is 98.5 cm³/mol. The highest BCUT2D eigenvalue weighted by Gasteiger charge is 2.07. The number of nitro benzene ring substituents is 1. The number of non-ortho nitro benzene ring substituents is 1. The van der Waals surface area contributed by atoms with E-state index in [1.165, 1.54) is 35.6 Å². The summed E-state index contributed by atoms with van der Waals surface area (Å²) in [5.41, 5.74) is 1.35. The van der Waals surface area contributed by atoms with Crippen LogP contribution in [0.5, 0.6) is 0 Å². The Morgan fingerprint density at radius 3 is 2.80 bits per heavy atom. The fourth-order valence-electron chi connectivity index (χ4n) is 2.30. The van der Waals surface area contributed by atoms with Crippen LogP contribution in [0.4, 0.5) is 5.69 Å². The third-order valence-corrected chi connectivity index (χ3v) is 4.88. The van der Waals surface area contributed by atoms with Gasteiger partial charge in [-0.3, -0.25) is 14.9 Å². The molecule has 0 saturated heterocycles. The van der Waals surface area contributed by atoms with Gasteiger partial charge in [0.25, 0.3) is 11.6 Å². The normalized spacial score (nSPS) is 12.2. The van der Waals surface area contributed by atoms with E-state index in [9.17, 15) is 14.9 Å². The van der Waals surface area contributed by atoms with Gasteiger partial charge in [-0.15, -0.1) is 0 Å². The number of nitrogens with zero attached hydrogens (tertiary/aromatic N) is 3. The van der Waals surface area contributed by atoms with Gasteiger partial charge in [-0.05, 0) is 23.8 Å². The van der Waals surface area contributed by atoms with Crippen LogP contribution in [0, 0.1) is 10.1 Å². The van der Waals surface area contributed by atoms with E-state index in [-0.39, 0.29) is 5.69 Å². The molecular weight excluding hydrogens is 362 g/mol. The first-order chi connectivity index (χ1) is 12.0. The maximum Gasteiger partial charge on any atom is 0.272 e. The minimum absolute atomic E-state index is 0.0305. The average molecular weight is 374 g/mol. The molecular formula is C17H12ClN3O3S. The number of halogens is 1. The molecule has 2 aromatic carbocycles. The monoisotopic (exact) mass is 373 g/mol. The molecule has 0 bridgehead atoms. The number of para-hydroxylation sites is 1. The number of benzene rings is 2. The van der Waals surface area contributed by atoms with Gasteiger partial charge in [0.2, 0.25) is 0 Å². The van der Waals surface area contributed by atoms with Crippen molar-refractivity contribution in [1.29, 1.82) is 0 Å². The number of fused-ring (bicyclic) bond motifs is 1. The number of carbonyl (C=O) groups excluding carboxylic acids is 1. The second-order valence-corrected chi connectivity index (χ2v) is 6.58. The summed E-state index contributed by atoms with van der Waals surface area (Å²) >= 11 is 7.55. The maximum absolute atomic E-state index is 12.1. The van der Waals surface area contributed by atoms with Crippen LogP contribution >= 0.6 is 22.9 Å². The standard InChI is InChI=1S/C17H12ClN3O3S/c1-20-16-13(18)6-3-7-14(16)25-17(20)19-15(22)9-8-11-4-2-5-12(10-11)21(23)24/h2-10H,1H3. The van der Waals surface area contributed by atoms with E-state index in [1.54, 1.807) is 29.8 Å². The van der Waals surface area contributed by atoms with Crippen LogP contribution in [0.1, 0.15) is 5.56 Å². The van der Waals surface area contributed by atoms with Gasteiger partial charge in [0.05, 0.1) is 20.2 Å². The lowest BCUT2D eigenvalue weighted by Gasteiger charge is -1.97. The molecule has 0 aliphatic rings. The van der Waals surface area contributed by atoms with E-state index in [0.29, 0.717) is 15.4 Å². The van der Waals surface area contributed by atoms with Crippen molar-refractivity contribution in [3.8, 4) is 0 Å². The topological polar surface area (TPSA) is 77.5 Å². The third-order valence-electron chi connectivity index (χ3n) is 3.48. The fourth-order valence-corrected chi connectivity index (χ4v) is 3.71. The van der Waals surface area contributed by atoms with Gasteiger partial charge in [0, 0.05) is 25.3 Å². The smallest absolute Gasteiger partial charge is 0.272 e. The molecule has 0 unspecified atom stereocenters. The Bertz CT molecular complexity index is 1080.